The molecule has 8 N–H and O–H groups in total. The Balaban J connectivity index is 1.35. The topological polar surface area (TPSA) is 285 Å². The summed E-state index contributed by atoms with van der Waals surface area (Å²) in [6.45, 7) is 0. The van der Waals surface area contributed by atoms with Crippen LogP contribution in [0.25, 0.3) is 12.2 Å². The maximum Gasteiger partial charge on any atom is 0.335 e. The Morgan fingerprint density at radius 3 is 1.29 bits per heavy atom. The summed E-state index contributed by atoms with van der Waals surface area (Å²) in [5.74, 6) is -4.11. The Morgan fingerprint density at radius 1 is 0.588 bits per heavy atom. The zero-order chi connectivity index (χ0) is 37.6. The number of carbonyl (C=O) groups excluding carboxylic acids is 2. The lowest BCUT2D eigenvalue weighted by molar-refractivity contribution is -0.271. The second-order valence-electron chi connectivity index (χ2n) is 11.3. The van der Waals surface area contributed by atoms with E-state index in [2.05, 4.69) is 0 Å². The molecule has 2 aliphatic heterocycles. The lowest BCUT2D eigenvalue weighted by atomic mass is 9.99. The van der Waals surface area contributed by atoms with Gasteiger partial charge in [0.1, 0.15) is 36.6 Å². The third-order valence-corrected chi connectivity index (χ3v) is 7.76. The summed E-state index contributed by atoms with van der Waals surface area (Å²) in [5.41, 5.74) is 0.869. The van der Waals surface area contributed by atoms with Crippen molar-refractivity contribution < 1.29 is 88.5 Å². The molecule has 2 heterocycles. The number of aliphatic hydroxyl groups excluding tert-OH is 6. The molecule has 0 aliphatic carbocycles. The molecule has 4 rings (SSSR count). The van der Waals surface area contributed by atoms with Gasteiger partial charge in [0.2, 0.25) is 12.6 Å². The first-order valence-corrected chi connectivity index (χ1v) is 15.1. The smallest absolute Gasteiger partial charge is 0.335 e. The predicted octanol–water partition coefficient (Wildman–Crippen LogP) is -1.50. The number of benzene rings is 2. The molecule has 0 unspecified atom stereocenters. The fourth-order valence-electron chi connectivity index (χ4n) is 4.99. The number of methoxy groups -OCH3 is 2. The summed E-state index contributed by atoms with van der Waals surface area (Å²) in [6, 6.07) is 8.58. The lowest BCUT2D eigenvalue weighted by Gasteiger charge is -2.38. The van der Waals surface area contributed by atoms with Crippen molar-refractivity contribution in [2.45, 2.75) is 67.8 Å². The van der Waals surface area contributed by atoms with Crippen molar-refractivity contribution in [3.63, 3.8) is 0 Å². The van der Waals surface area contributed by atoms with Crippen molar-refractivity contribution in [1.82, 2.24) is 0 Å². The number of carbonyl (C=O) groups is 4. The maximum atomic E-state index is 12.5. The summed E-state index contributed by atoms with van der Waals surface area (Å²) < 4.78 is 31.8. The molecule has 10 atom stereocenters. The number of carboxylic acid groups (broad SMARTS) is 2. The first-order valence-electron chi connectivity index (χ1n) is 15.1. The van der Waals surface area contributed by atoms with Crippen LogP contribution in [0.4, 0.5) is 0 Å². The molecule has 0 bridgehead atoms. The van der Waals surface area contributed by atoms with E-state index < -0.39 is 91.3 Å². The Labute approximate surface area is 288 Å². The van der Waals surface area contributed by atoms with Gasteiger partial charge in [0.05, 0.1) is 20.6 Å². The summed E-state index contributed by atoms with van der Waals surface area (Å²) in [4.78, 5) is 47.7. The van der Waals surface area contributed by atoms with Crippen molar-refractivity contribution >= 4 is 35.7 Å². The first kappa shape index (κ1) is 38.9. The highest BCUT2D eigenvalue weighted by Gasteiger charge is 2.49. The molecule has 0 saturated carbocycles. The molecule has 2 aliphatic rings. The fraction of sp³-hybridized carbons (Fsp3) is 0.394. The normalized spacial score (nSPS) is 29.4. The van der Waals surface area contributed by atoms with Crippen LogP contribution in [0.2, 0.25) is 0 Å². The van der Waals surface area contributed by atoms with E-state index in [0.29, 0.717) is 11.1 Å². The Hall–Kier alpha value is -4.92. The Morgan fingerprint density at radius 2 is 0.961 bits per heavy atom. The van der Waals surface area contributed by atoms with E-state index >= 15 is 0 Å². The monoisotopic (exact) mass is 720 g/mol. The van der Waals surface area contributed by atoms with Crippen LogP contribution in [0.1, 0.15) is 17.5 Å². The highest BCUT2D eigenvalue weighted by atomic mass is 16.7. The van der Waals surface area contributed by atoms with Crippen molar-refractivity contribution in [2.24, 2.45) is 0 Å². The molecule has 18 heteroatoms. The van der Waals surface area contributed by atoms with E-state index in [1.165, 1.54) is 62.8 Å². The maximum absolute atomic E-state index is 12.5. The van der Waals surface area contributed by atoms with Crippen LogP contribution in [0.5, 0.6) is 23.0 Å². The lowest BCUT2D eigenvalue weighted by Crippen LogP contribution is -2.61. The molecule has 0 amide bonds. The predicted molar refractivity (Wildman–Crippen MR) is 169 cm³/mol. The van der Waals surface area contributed by atoms with E-state index in [0.717, 1.165) is 12.2 Å². The SMILES string of the molecule is COc1cc(/C=C/C(=O)CC(=O)/C=C/c2ccc(O[C@H]3O[C@H](C(=O)O)[C@@H](O)[C@H](O)[C@H]3O)c(OC)c2)ccc1O[C@@H]1O[C@@H](C(=O)O)[C@H](O)[C@@H](O)[C@@H]1O. The highest BCUT2D eigenvalue weighted by Crippen LogP contribution is 2.34. The van der Waals surface area contributed by atoms with Crippen LogP contribution in [0.3, 0.4) is 0 Å². The van der Waals surface area contributed by atoms with Gasteiger partial charge in [0.25, 0.3) is 0 Å². The van der Waals surface area contributed by atoms with Gasteiger partial charge >= 0.3 is 11.9 Å². The van der Waals surface area contributed by atoms with Crippen LogP contribution in [-0.2, 0) is 28.7 Å². The zero-order valence-corrected chi connectivity index (χ0v) is 26.9. The summed E-state index contributed by atoms with van der Waals surface area (Å²) in [6.07, 6.45) is -13.6. The molecule has 2 aromatic rings. The fourth-order valence-corrected chi connectivity index (χ4v) is 4.99. The summed E-state index contributed by atoms with van der Waals surface area (Å²) in [7, 11) is 2.59. The molecular weight excluding hydrogens is 684 g/mol. The van der Waals surface area contributed by atoms with Gasteiger partial charge in [-0.3, -0.25) is 9.59 Å². The van der Waals surface area contributed by atoms with Gasteiger partial charge in [-0.05, 0) is 47.5 Å². The Kier molecular flexibility index (Phi) is 12.9. The molecule has 51 heavy (non-hydrogen) atoms. The van der Waals surface area contributed by atoms with Crippen molar-refractivity contribution in [2.75, 3.05) is 14.2 Å². The zero-order valence-electron chi connectivity index (χ0n) is 26.9. The number of allylic oxidation sites excluding steroid dienone is 2. The van der Waals surface area contributed by atoms with Gasteiger partial charge in [-0.25, -0.2) is 9.59 Å². The molecule has 2 saturated heterocycles. The average molecular weight is 721 g/mol. The van der Waals surface area contributed by atoms with Crippen LogP contribution >= 0.6 is 0 Å². The number of hydrogen-bond donors (Lipinski definition) is 8. The van der Waals surface area contributed by atoms with Crippen LogP contribution in [0, 0.1) is 0 Å². The molecule has 18 nitrogen and oxygen atoms in total. The van der Waals surface area contributed by atoms with Gasteiger partial charge in [-0.15, -0.1) is 0 Å². The van der Waals surface area contributed by atoms with Gasteiger partial charge in [0, 0.05) is 0 Å². The van der Waals surface area contributed by atoms with Crippen LogP contribution in [0.15, 0.2) is 48.6 Å². The molecule has 0 aromatic heterocycles. The highest BCUT2D eigenvalue weighted by molar-refractivity contribution is 6.10. The van der Waals surface area contributed by atoms with Crippen LogP contribution in [-0.4, -0.2) is 140 Å². The standard InChI is InChI=1S/C33H36O18/c1-46-20-11-14(5-9-18(20)48-32-26(40)22(36)24(38)28(50-32)30(42)43)3-7-16(34)13-17(35)8-4-15-6-10-19(21(12-15)47-2)49-33-27(41)23(37)25(39)29(51-33)31(44)45/h3-12,22-29,32-33,36-41H,13H2,1-2H3,(H,42,43)(H,44,45)/b7-3+,8-4+/t22-,23+,24-,25+,26+,27-,28-,29+,32-,33+. The van der Waals surface area contributed by atoms with Crippen molar-refractivity contribution in [1.29, 1.82) is 0 Å². The molecule has 276 valence electrons. The van der Waals surface area contributed by atoms with E-state index in [1.807, 2.05) is 0 Å². The van der Waals surface area contributed by atoms with Crippen molar-refractivity contribution in [3.05, 3.63) is 59.7 Å². The van der Waals surface area contributed by atoms with Gasteiger partial charge in [0.15, 0.2) is 46.8 Å². The summed E-state index contributed by atoms with van der Waals surface area (Å²) >= 11 is 0. The number of rotatable bonds is 14. The number of hydrogen-bond acceptors (Lipinski definition) is 16. The minimum absolute atomic E-state index is 0.0142. The minimum Gasteiger partial charge on any atom is -0.493 e. The van der Waals surface area contributed by atoms with E-state index in [4.69, 9.17) is 28.4 Å². The first-order chi connectivity index (χ1) is 24.1. The Bertz CT molecular complexity index is 1530. The molecule has 2 aromatic carbocycles. The van der Waals surface area contributed by atoms with E-state index in [9.17, 15) is 60.0 Å². The minimum atomic E-state index is -1.90. The number of aliphatic hydroxyl groups is 6. The molecular formula is C33H36O18. The van der Waals surface area contributed by atoms with Crippen molar-refractivity contribution in [3.8, 4) is 23.0 Å². The largest absolute Gasteiger partial charge is 0.493 e. The van der Waals surface area contributed by atoms with Gasteiger partial charge in [-0.2, -0.15) is 0 Å². The molecule has 0 radical (unpaired) electrons. The number of aliphatic carboxylic acids is 2. The average Bonchev–Trinajstić information content (AvgIpc) is 3.10. The number of ketones is 2. The van der Waals surface area contributed by atoms with Gasteiger partial charge < -0.3 is 69.3 Å². The number of carboxylic acids is 2. The van der Waals surface area contributed by atoms with E-state index in [1.54, 1.807) is 0 Å². The van der Waals surface area contributed by atoms with Crippen LogP contribution < -0.4 is 18.9 Å². The van der Waals surface area contributed by atoms with Gasteiger partial charge in [-0.1, -0.05) is 24.3 Å². The third kappa shape index (κ3) is 9.25. The molecule has 0 spiro atoms. The quantitative estimate of drug-likeness (QED) is 0.0814. The summed E-state index contributed by atoms with van der Waals surface area (Å²) in [5, 5.41) is 78.6. The third-order valence-electron chi connectivity index (χ3n) is 7.76. The molecule has 2 fully saturated rings. The second kappa shape index (κ2) is 16.9. The second-order valence-corrected chi connectivity index (χ2v) is 11.3. The number of ether oxygens (including phenoxy) is 6. The van der Waals surface area contributed by atoms with E-state index in [-0.39, 0.29) is 23.0 Å².